The van der Waals surface area contributed by atoms with Gasteiger partial charge in [-0.25, -0.2) is 0 Å². The highest BCUT2D eigenvalue weighted by Gasteiger charge is 2.13. The zero-order valence-corrected chi connectivity index (χ0v) is 18.8. The fraction of sp³-hybridized carbons (Fsp3) is 0.154. The summed E-state index contributed by atoms with van der Waals surface area (Å²) in [5.74, 6) is 0.939. The average Bonchev–Trinajstić information content (AvgIpc) is 2.83. The predicted octanol–water partition coefficient (Wildman–Crippen LogP) is 4.40. The van der Waals surface area contributed by atoms with Gasteiger partial charge in [0.1, 0.15) is 18.1 Å². The normalized spacial score (nSPS) is 10.8. The second kappa shape index (κ2) is 11.4. The van der Waals surface area contributed by atoms with Crippen molar-refractivity contribution in [2.45, 2.75) is 13.5 Å². The predicted molar refractivity (Wildman–Crippen MR) is 127 cm³/mol. The number of carbonyl (C=O) groups excluding carboxylic acids is 2. The summed E-state index contributed by atoms with van der Waals surface area (Å²) in [4.78, 5) is 24.5. The summed E-state index contributed by atoms with van der Waals surface area (Å²) in [7, 11) is 3.07. The van der Waals surface area contributed by atoms with Crippen LogP contribution >= 0.6 is 0 Å². The molecule has 0 bridgehead atoms. The molecule has 0 atom stereocenters. The Hall–Kier alpha value is -4.26. The molecule has 2 N–H and O–H groups in total. The maximum Gasteiger partial charge on any atom is 0.272 e. The Labute approximate surface area is 193 Å². The molecule has 3 aromatic rings. The van der Waals surface area contributed by atoms with Gasteiger partial charge < -0.3 is 24.8 Å². The van der Waals surface area contributed by atoms with E-state index in [1.54, 1.807) is 55.7 Å². The molecule has 2 amide bonds. The number of benzene rings is 3. The fourth-order valence-corrected chi connectivity index (χ4v) is 3.03. The largest absolute Gasteiger partial charge is 0.493 e. The number of ether oxygens (including phenoxy) is 3. The van der Waals surface area contributed by atoms with Crippen molar-refractivity contribution in [2.75, 3.05) is 19.5 Å². The van der Waals surface area contributed by atoms with Crippen molar-refractivity contribution < 1.29 is 23.8 Å². The Morgan fingerprint density at radius 1 is 0.879 bits per heavy atom. The van der Waals surface area contributed by atoms with Crippen LogP contribution in [0.2, 0.25) is 0 Å². The van der Waals surface area contributed by atoms with E-state index in [4.69, 9.17) is 14.2 Å². The van der Waals surface area contributed by atoms with Gasteiger partial charge in [0.15, 0.2) is 11.5 Å². The summed E-state index contributed by atoms with van der Waals surface area (Å²) in [5.41, 5.74) is 2.39. The maximum atomic E-state index is 12.8. The first-order chi connectivity index (χ1) is 16.0. The van der Waals surface area contributed by atoms with Crippen LogP contribution in [-0.2, 0) is 16.2 Å². The summed E-state index contributed by atoms with van der Waals surface area (Å²) in [6.07, 6.45) is 1.57. The van der Waals surface area contributed by atoms with E-state index in [0.717, 1.165) is 5.56 Å². The highest BCUT2D eigenvalue weighted by Crippen LogP contribution is 2.28. The standard InChI is InChI=1S/C26H26N2O5/c1-18(29)27-23(15-20-9-14-24(31-2)25(16-20)32-3)26(30)28-21-10-12-22(13-11-21)33-17-19-7-5-4-6-8-19/h4-16H,17H2,1-3H3,(H,27,29)(H,28,30)/b23-15+. The molecule has 0 fully saturated rings. The lowest BCUT2D eigenvalue weighted by Gasteiger charge is -2.12. The van der Waals surface area contributed by atoms with Crippen LogP contribution in [-0.4, -0.2) is 26.0 Å². The third-order valence-corrected chi connectivity index (χ3v) is 4.63. The molecule has 33 heavy (non-hydrogen) atoms. The SMILES string of the molecule is COc1ccc(/C=C(/NC(C)=O)C(=O)Nc2ccc(OCc3ccccc3)cc2)cc1OC. The molecule has 3 rings (SSSR count). The van der Waals surface area contributed by atoms with Crippen LogP contribution in [0.15, 0.2) is 78.5 Å². The third kappa shape index (κ3) is 6.87. The monoisotopic (exact) mass is 446 g/mol. The molecule has 0 spiro atoms. The minimum absolute atomic E-state index is 0.0964. The van der Waals surface area contributed by atoms with Crippen molar-refractivity contribution in [3.05, 3.63) is 89.6 Å². The lowest BCUT2D eigenvalue weighted by Crippen LogP contribution is -2.28. The number of rotatable bonds is 9. The van der Waals surface area contributed by atoms with Gasteiger partial charge in [0.2, 0.25) is 5.91 Å². The van der Waals surface area contributed by atoms with Gasteiger partial charge in [-0.3, -0.25) is 9.59 Å². The zero-order chi connectivity index (χ0) is 23.6. The van der Waals surface area contributed by atoms with Crippen LogP contribution < -0.4 is 24.8 Å². The molecule has 0 saturated carbocycles. The molecule has 0 radical (unpaired) electrons. The Kier molecular flexibility index (Phi) is 8.07. The van der Waals surface area contributed by atoms with Gasteiger partial charge in [0, 0.05) is 12.6 Å². The molecule has 170 valence electrons. The van der Waals surface area contributed by atoms with Gasteiger partial charge in [0.25, 0.3) is 5.91 Å². The van der Waals surface area contributed by atoms with E-state index in [0.29, 0.717) is 35.1 Å². The van der Waals surface area contributed by atoms with Gasteiger partial charge in [-0.05, 0) is 53.6 Å². The highest BCUT2D eigenvalue weighted by molar-refractivity contribution is 6.08. The number of methoxy groups -OCH3 is 2. The van der Waals surface area contributed by atoms with Crippen LogP contribution in [0.1, 0.15) is 18.1 Å². The summed E-state index contributed by atoms with van der Waals surface area (Å²) >= 11 is 0. The van der Waals surface area contributed by atoms with E-state index >= 15 is 0 Å². The first-order valence-electron chi connectivity index (χ1n) is 10.3. The molecule has 0 aliphatic carbocycles. The Morgan fingerprint density at radius 3 is 2.21 bits per heavy atom. The number of nitrogens with one attached hydrogen (secondary N) is 2. The molecular weight excluding hydrogens is 420 g/mol. The quantitative estimate of drug-likeness (QED) is 0.476. The Morgan fingerprint density at radius 2 is 1.58 bits per heavy atom. The number of anilines is 1. The molecule has 3 aromatic carbocycles. The van der Waals surface area contributed by atoms with Crippen molar-refractivity contribution in [1.29, 1.82) is 0 Å². The molecule has 0 heterocycles. The maximum absolute atomic E-state index is 12.8. The van der Waals surface area contributed by atoms with Crippen LogP contribution in [0.4, 0.5) is 5.69 Å². The summed E-state index contributed by atoms with van der Waals surface area (Å²) in [6.45, 7) is 1.79. The van der Waals surface area contributed by atoms with E-state index in [-0.39, 0.29) is 11.6 Å². The molecule has 0 unspecified atom stereocenters. The lowest BCUT2D eigenvalue weighted by atomic mass is 10.1. The van der Waals surface area contributed by atoms with E-state index < -0.39 is 5.91 Å². The molecule has 0 aliphatic rings. The zero-order valence-electron chi connectivity index (χ0n) is 18.8. The van der Waals surface area contributed by atoms with Crippen molar-refractivity contribution in [3.63, 3.8) is 0 Å². The number of amides is 2. The highest BCUT2D eigenvalue weighted by atomic mass is 16.5. The lowest BCUT2D eigenvalue weighted by molar-refractivity contribution is -0.120. The van der Waals surface area contributed by atoms with E-state index in [1.165, 1.54) is 14.0 Å². The van der Waals surface area contributed by atoms with Crippen molar-refractivity contribution in [1.82, 2.24) is 5.32 Å². The minimum atomic E-state index is -0.460. The minimum Gasteiger partial charge on any atom is -0.493 e. The van der Waals surface area contributed by atoms with Crippen LogP contribution in [0.5, 0.6) is 17.2 Å². The summed E-state index contributed by atoms with van der Waals surface area (Å²) < 4.78 is 16.3. The second-order valence-electron chi connectivity index (χ2n) is 7.11. The van der Waals surface area contributed by atoms with E-state index in [9.17, 15) is 9.59 Å². The van der Waals surface area contributed by atoms with E-state index in [1.807, 2.05) is 30.3 Å². The number of hydrogen-bond donors (Lipinski definition) is 2. The van der Waals surface area contributed by atoms with Crippen molar-refractivity contribution in [3.8, 4) is 17.2 Å². The van der Waals surface area contributed by atoms with Gasteiger partial charge in [-0.1, -0.05) is 36.4 Å². The van der Waals surface area contributed by atoms with Crippen LogP contribution in [0, 0.1) is 0 Å². The Balaban J connectivity index is 1.71. The number of carbonyl (C=O) groups is 2. The number of hydrogen-bond acceptors (Lipinski definition) is 5. The van der Waals surface area contributed by atoms with Gasteiger partial charge >= 0.3 is 0 Å². The smallest absolute Gasteiger partial charge is 0.272 e. The molecule has 0 aliphatic heterocycles. The van der Waals surface area contributed by atoms with Crippen molar-refractivity contribution in [2.24, 2.45) is 0 Å². The topological polar surface area (TPSA) is 85.9 Å². The second-order valence-corrected chi connectivity index (χ2v) is 7.11. The van der Waals surface area contributed by atoms with Crippen molar-refractivity contribution >= 4 is 23.6 Å². The summed E-state index contributed by atoms with van der Waals surface area (Å²) in [6, 6.07) is 22.1. The fourth-order valence-electron chi connectivity index (χ4n) is 3.03. The molecule has 0 aromatic heterocycles. The third-order valence-electron chi connectivity index (χ3n) is 4.63. The molecule has 7 nitrogen and oxygen atoms in total. The van der Waals surface area contributed by atoms with Gasteiger partial charge in [-0.2, -0.15) is 0 Å². The molecule has 0 saturated heterocycles. The average molecular weight is 447 g/mol. The Bertz CT molecular complexity index is 1130. The summed E-state index contributed by atoms with van der Waals surface area (Å²) in [5, 5.41) is 5.36. The molecular formula is C26H26N2O5. The van der Waals surface area contributed by atoms with Gasteiger partial charge in [0.05, 0.1) is 14.2 Å². The first-order valence-corrected chi connectivity index (χ1v) is 10.3. The van der Waals surface area contributed by atoms with Crippen LogP contribution in [0.3, 0.4) is 0 Å². The van der Waals surface area contributed by atoms with Crippen LogP contribution in [0.25, 0.3) is 6.08 Å². The molecule has 7 heteroatoms. The van der Waals surface area contributed by atoms with Gasteiger partial charge in [-0.15, -0.1) is 0 Å². The first kappa shape index (κ1) is 23.4. The van der Waals surface area contributed by atoms with E-state index in [2.05, 4.69) is 10.6 Å².